The van der Waals surface area contributed by atoms with Gasteiger partial charge in [-0.2, -0.15) is 0 Å². The average Bonchev–Trinajstić information content (AvgIpc) is 3.17. The van der Waals surface area contributed by atoms with Crippen LogP contribution in [0.25, 0.3) is 0 Å². The van der Waals surface area contributed by atoms with E-state index in [2.05, 4.69) is 64.4 Å². The molecule has 178 valence electrons. The minimum Gasteiger partial charge on any atom is -0.383 e. The van der Waals surface area contributed by atoms with Crippen LogP contribution in [-0.2, 0) is 18.6 Å². The molecule has 3 aromatic carbocycles. The molecule has 0 amide bonds. The van der Waals surface area contributed by atoms with Crippen molar-refractivity contribution in [2.45, 2.75) is 43.9 Å². The SMILES string of the molecule is OC1(c2ccc(F)cc2)CN(Cc2ccccc2)CC1CN1CCCCC1Cc1ccccc1. The predicted octanol–water partition coefficient (Wildman–Crippen LogP) is 5.24. The van der Waals surface area contributed by atoms with E-state index in [9.17, 15) is 9.50 Å². The van der Waals surface area contributed by atoms with Gasteiger partial charge in [-0.25, -0.2) is 4.39 Å². The summed E-state index contributed by atoms with van der Waals surface area (Å²) in [6, 6.07) is 28.2. The van der Waals surface area contributed by atoms with E-state index in [1.807, 2.05) is 6.07 Å². The molecule has 4 heteroatoms. The number of halogens is 1. The van der Waals surface area contributed by atoms with Gasteiger partial charge >= 0.3 is 0 Å². The molecule has 2 aliphatic rings. The van der Waals surface area contributed by atoms with E-state index in [1.165, 1.54) is 42.5 Å². The largest absolute Gasteiger partial charge is 0.383 e. The van der Waals surface area contributed by atoms with Crippen LogP contribution >= 0.6 is 0 Å². The monoisotopic (exact) mass is 458 g/mol. The zero-order valence-electron chi connectivity index (χ0n) is 19.8. The van der Waals surface area contributed by atoms with Gasteiger partial charge in [-0.1, -0.05) is 79.2 Å². The van der Waals surface area contributed by atoms with Gasteiger partial charge < -0.3 is 5.11 Å². The molecule has 0 bridgehead atoms. The van der Waals surface area contributed by atoms with Gasteiger partial charge in [-0.15, -0.1) is 0 Å². The van der Waals surface area contributed by atoms with Gasteiger partial charge in [-0.05, 0) is 54.6 Å². The Morgan fingerprint density at radius 2 is 1.53 bits per heavy atom. The summed E-state index contributed by atoms with van der Waals surface area (Å²) in [5.41, 5.74) is 2.47. The molecule has 2 fully saturated rings. The lowest BCUT2D eigenvalue weighted by molar-refractivity contribution is -0.0144. The Hall–Kier alpha value is -2.53. The maximum absolute atomic E-state index is 13.7. The molecule has 0 saturated carbocycles. The molecular formula is C30H35FN2O. The lowest BCUT2D eigenvalue weighted by Crippen LogP contribution is -2.48. The molecule has 1 N–H and O–H groups in total. The minimum absolute atomic E-state index is 0.0676. The van der Waals surface area contributed by atoms with Crippen molar-refractivity contribution >= 4 is 0 Å². The Bertz CT molecular complexity index is 1040. The molecule has 34 heavy (non-hydrogen) atoms. The third-order valence-electron chi connectivity index (χ3n) is 7.73. The van der Waals surface area contributed by atoms with Crippen LogP contribution < -0.4 is 0 Å². The van der Waals surface area contributed by atoms with Gasteiger partial charge in [0.25, 0.3) is 0 Å². The highest BCUT2D eigenvalue weighted by Crippen LogP contribution is 2.39. The topological polar surface area (TPSA) is 26.7 Å². The Balaban J connectivity index is 1.37. The molecule has 2 saturated heterocycles. The molecule has 3 unspecified atom stereocenters. The molecule has 5 rings (SSSR count). The molecule has 3 aromatic rings. The first-order chi connectivity index (χ1) is 16.6. The number of hydrogen-bond acceptors (Lipinski definition) is 3. The fourth-order valence-corrected chi connectivity index (χ4v) is 5.93. The lowest BCUT2D eigenvalue weighted by atomic mass is 9.82. The number of rotatable bonds is 7. The highest BCUT2D eigenvalue weighted by Gasteiger charge is 2.47. The number of piperidine rings is 1. The highest BCUT2D eigenvalue weighted by atomic mass is 19.1. The van der Waals surface area contributed by atoms with Crippen LogP contribution in [-0.4, -0.2) is 47.1 Å². The van der Waals surface area contributed by atoms with Crippen LogP contribution in [0.1, 0.15) is 36.0 Å². The summed E-state index contributed by atoms with van der Waals surface area (Å²) in [6.45, 7) is 4.14. The van der Waals surface area contributed by atoms with Crippen molar-refractivity contribution in [3.63, 3.8) is 0 Å². The summed E-state index contributed by atoms with van der Waals surface area (Å²) >= 11 is 0. The van der Waals surface area contributed by atoms with E-state index < -0.39 is 5.60 Å². The van der Waals surface area contributed by atoms with E-state index in [0.29, 0.717) is 12.6 Å². The van der Waals surface area contributed by atoms with E-state index in [1.54, 1.807) is 12.1 Å². The van der Waals surface area contributed by atoms with Crippen LogP contribution in [0.4, 0.5) is 4.39 Å². The van der Waals surface area contributed by atoms with Gasteiger partial charge in [0.05, 0.1) is 0 Å². The summed E-state index contributed by atoms with van der Waals surface area (Å²) in [4.78, 5) is 4.97. The molecule has 2 aliphatic heterocycles. The molecule has 0 spiro atoms. The van der Waals surface area contributed by atoms with Crippen molar-refractivity contribution in [1.82, 2.24) is 9.80 Å². The molecule has 0 aromatic heterocycles. The zero-order chi connectivity index (χ0) is 23.4. The second-order valence-corrected chi connectivity index (χ2v) is 10.1. The van der Waals surface area contributed by atoms with Gasteiger partial charge in [0.2, 0.25) is 0 Å². The number of nitrogens with zero attached hydrogens (tertiary/aromatic N) is 2. The Morgan fingerprint density at radius 1 is 0.853 bits per heavy atom. The van der Waals surface area contributed by atoms with Crippen LogP contribution in [0.5, 0.6) is 0 Å². The third-order valence-corrected chi connectivity index (χ3v) is 7.73. The van der Waals surface area contributed by atoms with E-state index in [-0.39, 0.29) is 11.7 Å². The fraction of sp³-hybridized carbons (Fsp3) is 0.400. The molecule has 0 radical (unpaired) electrons. The summed E-state index contributed by atoms with van der Waals surface area (Å²) < 4.78 is 13.7. The predicted molar refractivity (Wildman–Crippen MR) is 135 cm³/mol. The Morgan fingerprint density at radius 3 is 2.24 bits per heavy atom. The van der Waals surface area contributed by atoms with Gasteiger partial charge in [0.1, 0.15) is 11.4 Å². The number of β-amino-alcohol motifs (C(OH)–C–C–N with tert-alkyl or cyclic N) is 1. The first-order valence-electron chi connectivity index (χ1n) is 12.6. The summed E-state index contributed by atoms with van der Waals surface area (Å²) in [5, 5.41) is 12.1. The van der Waals surface area contributed by atoms with Crippen molar-refractivity contribution in [3.8, 4) is 0 Å². The van der Waals surface area contributed by atoms with Crippen molar-refractivity contribution in [2.75, 3.05) is 26.2 Å². The van der Waals surface area contributed by atoms with Crippen molar-refractivity contribution < 1.29 is 9.50 Å². The van der Waals surface area contributed by atoms with Crippen LogP contribution in [0.15, 0.2) is 84.9 Å². The molecule has 0 aliphatic carbocycles. The third kappa shape index (κ3) is 5.25. The van der Waals surface area contributed by atoms with Gasteiger partial charge in [0, 0.05) is 38.1 Å². The molecule has 3 atom stereocenters. The van der Waals surface area contributed by atoms with Crippen LogP contribution in [0.2, 0.25) is 0 Å². The number of benzene rings is 3. The lowest BCUT2D eigenvalue weighted by Gasteiger charge is -2.40. The first-order valence-corrected chi connectivity index (χ1v) is 12.6. The quantitative estimate of drug-likeness (QED) is 0.524. The van der Waals surface area contributed by atoms with Crippen molar-refractivity contribution in [1.29, 1.82) is 0 Å². The first kappa shape index (κ1) is 23.2. The zero-order valence-corrected chi connectivity index (χ0v) is 19.8. The second-order valence-electron chi connectivity index (χ2n) is 10.1. The minimum atomic E-state index is -0.989. The van der Waals surface area contributed by atoms with E-state index in [0.717, 1.165) is 38.2 Å². The van der Waals surface area contributed by atoms with Crippen LogP contribution in [0.3, 0.4) is 0 Å². The number of hydrogen-bond donors (Lipinski definition) is 1. The van der Waals surface area contributed by atoms with E-state index >= 15 is 0 Å². The smallest absolute Gasteiger partial charge is 0.123 e. The maximum atomic E-state index is 13.7. The van der Waals surface area contributed by atoms with Gasteiger partial charge in [0.15, 0.2) is 0 Å². The summed E-state index contributed by atoms with van der Waals surface area (Å²) in [7, 11) is 0. The molecule has 3 nitrogen and oxygen atoms in total. The van der Waals surface area contributed by atoms with E-state index in [4.69, 9.17) is 0 Å². The van der Waals surface area contributed by atoms with Crippen molar-refractivity contribution in [2.24, 2.45) is 5.92 Å². The maximum Gasteiger partial charge on any atom is 0.123 e. The standard InChI is InChI=1S/C30H35FN2O/c31-28-16-14-26(15-17-28)30(34)23-32(20-25-11-5-2-6-12-25)21-27(30)22-33-18-8-7-13-29(33)19-24-9-3-1-4-10-24/h1-6,9-12,14-17,27,29,34H,7-8,13,18-23H2. The normalized spacial score (nSPS) is 26.1. The fourth-order valence-electron chi connectivity index (χ4n) is 5.93. The summed E-state index contributed by atoms with van der Waals surface area (Å²) in [6.07, 6.45) is 4.72. The summed E-state index contributed by atoms with van der Waals surface area (Å²) in [5.74, 6) is -0.194. The second kappa shape index (κ2) is 10.4. The highest BCUT2D eigenvalue weighted by molar-refractivity contribution is 5.27. The molecular weight excluding hydrogens is 423 g/mol. The van der Waals surface area contributed by atoms with Crippen LogP contribution in [0, 0.1) is 11.7 Å². The Labute approximate surface area is 202 Å². The van der Waals surface area contributed by atoms with Crippen molar-refractivity contribution in [3.05, 3.63) is 107 Å². The molecule has 2 heterocycles. The number of likely N-dealkylation sites (tertiary alicyclic amines) is 2. The average molecular weight is 459 g/mol. The van der Waals surface area contributed by atoms with Gasteiger partial charge in [-0.3, -0.25) is 9.80 Å². The Kier molecular flexibility index (Phi) is 7.10. The number of aliphatic hydroxyl groups is 1.